The number of hydrogen-bond donors (Lipinski definition) is 2. The Morgan fingerprint density at radius 3 is 1.42 bits per heavy atom. The maximum atomic E-state index is 13.7. The highest BCUT2D eigenvalue weighted by molar-refractivity contribution is 6.15. The summed E-state index contributed by atoms with van der Waals surface area (Å²) in [6.07, 6.45) is -2.37. The van der Waals surface area contributed by atoms with E-state index in [1.165, 1.54) is 0 Å². The number of rotatable bonds is 8. The monoisotopic (exact) mass is 515 g/mol. The van der Waals surface area contributed by atoms with Crippen LogP contribution in [-0.2, 0) is 52.6 Å². The Morgan fingerprint density at radius 1 is 0.722 bits per heavy atom. The Bertz CT molecular complexity index is 1040. The minimum atomic E-state index is -3.66. The van der Waals surface area contributed by atoms with Crippen LogP contribution in [0.15, 0.2) is 0 Å². The van der Waals surface area contributed by atoms with Gasteiger partial charge >= 0.3 is 17.7 Å². The number of amides is 2. The molecule has 1 aliphatic heterocycles. The van der Waals surface area contributed by atoms with Gasteiger partial charge in [0.1, 0.15) is 6.10 Å². The molecule has 36 heavy (non-hydrogen) atoms. The molecule has 0 aliphatic carbocycles. The predicted molar refractivity (Wildman–Crippen MR) is 115 cm³/mol. The Morgan fingerprint density at radius 2 is 1.17 bits per heavy atom. The molecule has 0 aromatic carbocycles. The second-order valence-corrected chi connectivity index (χ2v) is 8.35. The fourth-order valence-corrected chi connectivity index (χ4v) is 5.06. The van der Waals surface area contributed by atoms with Crippen LogP contribution >= 0.6 is 0 Å². The molecule has 2 amide bonds. The zero-order valence-electron chi connectivity index (χ0n) is 21.1. The van der Waals surface area contributed by atoms with Gasteiger partial charge in [0, 0.05) is 34.6 Å². The summed E-state index contributed by atoms with van der Waals surface area (Å²) in [4.78, 5) is 104. The molecule has 5 atom stereocenters. The van der Waals surface area contributed by atoms with E-state index in [2.05, 4.69) is 0 Å². The van der Waals surface area contributed by atoms with Crippen LogP contribution in [0.25, 0.3) is 0 Å². The molecule has 2 N–H and O–H groups in total. The molecule has 200 valence electrons. The van der Waals surface area contributed by atoms with Crippen molar-refractivity contribution in [3.05, 3.63) is 0 Å². The largest absolute Gasteiger partial charge is 0.444 e. The summed E-state index contributed by atoms with van der Waals surface area (Å²) in [5.41, 5.74) is -10.8. The SMILES string of the molecule is CC(=O)OC1(C(C)=O)O[C@H](CO)[C@@](O)(C(C)=O)[C@@](OC(C)=O)(C(C)=O)[C@@]1(C(C)=O)N(C(C)=O)C(C)=O. The molecule has 1 rings (SSSR count). The Kier molecular flexibility index (Phi) is 8.48. The summed E-state index contributed by atoms with van der Waals surface area (Å²) < 4.78 is 15.9. The molecule has 1 unspecified atom stereocenters. The molecule has 0 saturated carbocycles. The highest BCUT2D eigenvalue weighted by atomic mass is 16.7. The van der Waals surface area contributed by atoms with Crippen molar-refractivity contribution in [2.75, 3.05) is 6.61 Å². The van der Waals surface area contributed by atoms with E-state index in [0.29, 0.717) is 48.5 Å². The number of carbonyl (C=O) groups is 8. The van der Waals surface area contributed by atoms with Gasteiger partial charge in [0.25, 0.3) is 0 Å². The molecule has 0 aromatic heterocycles. The van der Waals surface area contributed by atoms with E-state index in [9.17, 15) is 48.6 Å². The highest BCUT2D eigenvalue weighted by Gasteiger charge is 2.90. The summed E-state index contributed by atoms with van der Waals surface area (Å²) in [5.74, 6) is -14.9. The van der Waals surface area contributed by atoms with Gasteiger partial charge in [-0.05, 0) is 20.8 Å². The lowest BCUT2D eigenvalue weighted by atomic mass is 9.54. The van der Waals surface area contributed by atoms with Crippen molar-refractivity contribution in [1.29, 1.82) is 0 Å². The molecular weight excluding hydrogens is 486 g/mol. The van der Waals surface area contributed by atoms with Gasteiger partial charge in [-0.2, -0.15) is 0 Å². The quantitative estimate of drug-likeness (QED) is 0.341. The maximum absolute atomic E-state index is 13.7. The zero-order valence-corrected chi connectivity index (χ0v) is 21.1. The van der Waals surface area contributed by atoms with E-state index in [-0.39, 0.29) is 4.90 Å². The summed E-state index contributed by atoms with van der Waals surface area (Å²) in [5, 5.41) is 21.9. The first-order chi connectivity index (χ1) is 16.3. The van der Waals surface area contributed by atoms with Gasteiger partial charge in [0.05, 0.1) is 6.61 Å². The van der Waals surface area contributed by atoms with E-state index in [1.54, 1.807) is 0 Å². The number of carbonyl (C=O) groups excluding carboxylic acids is 8. The zero-order chi connectivity index (χ0) is 28.6. The average molecular weight is 515 g/mol. The predicted octanol–water partition coefficient (Wildman–Crippen LogP) is -1.84. The number of ketones is 4. The molecule has 1 saturated heterocycles. The third-order valence-electron chi connectivity index (χ3n) is 6.02. The number of Topliss-reactive ketones (excluding diaryl/α,β-unsaturated/α-hetero) is 4. The van der Waals surface area contributed by atoms with Crippen LogP contribution in [0.4, 0.5) is 0 Å². The van der Waals surface area contributed by atoms with Crippen molar-refractivity contribution < 1.29 is 62.8 Å². The first-order valence-corrected chi connectivity index (χ1v) is 10.5. The Balaban J connectivity index is 4.92. The van der Waals surface area contributed by atoms with Gasteiger partial charge in [0.15, 0.2) is 17.3 Å². The van der Waals surface area contributed by atoms with E-state index in [0.717, 1.165) is 6.92 Å². The van der Waals surface area contributed by atoms with Gasteiger partial charge in [0.2, 0.25) is 34.3 Å². The lowest BCUT2D eigenvalue weighted by Gasteiger charge is -2.65. The lowest BCUT2D eigenvalue weighted by Crippen LogP contribution is -2.95. The van der Waals surface area contributed by atoms with Crippen LogP contribution in [0.2, 0.25) is 0 Å². The molecule has 1 aliphatic rings. The second kappa shape index (κ2) is 9.95. The lowest BCUT2D eigenvalue weighted by molar-refractivity contribution is -0.370. The Labute approximate surface area is 205 Å². The fourth-order valence-electron chi connectivity index (χ4n) is 5.06. The van der Waals surface area contributed by atoms with Crippen LogP contribution in [0.1, 0.15) is 55.4 Å². The normalized spacial score (nSPS) is 31.6. The van der Waals surface area contributed by atoms with Crippen LogP contribution in [0.3, 0.4) is 0 Å². The minimum Gasteiger partial charge on any atom is -0.444 e. The first kappa shape index (κ1) is 30.7. The summed E-state index contributed by atoms with van der Waals surface area (Å²) >= 11 is 0. The molecule has 14 heteroatoms. The van der Waals surface area contributed by atoms with Crippen molar-refractivity contribution in [3.63, 3.8) is 0 Å². The van der Waals surface area contributed by atoms with Gasteiger partial charge < -0.3 is 24.4 Å². The molecule has 1 heterocycles. The van der Waals surface area contributed by atoms with Crippen LogP contribution in [-0.4, -0.2) is 97.2 Å². The van der Waals surface area contributed by atoms with Crippen LogP contribution in [0, 0.1) is 0 Å². The smallest absolute Gasteiger partial charge is 0.309 e. The van der Waals surface area contributed by atoms with Crippen LogP contribution < -0.4 is 0 Å². The number of nitrogens with zero attached hydrogens (tertiary/aromatic N) is 1. The molecule has 0 spiro atoms. The van der Waals surface area contributed by atoms with Crippen molar-refractivity contribution in [3.8, 4) is 0 Å². The van der Waals surface area contributed by atoms with Crippen molar-refractivity contribution in [1.82, 2.24) is 4.90 Å². The number of aliphatic hydroxyl groups is 2. The summed E-state index contributed by atoms with van der Waals surface area (Å²) in [7, 11) is 0. The van der Waals surface area contributed by atoms with Crippen molar-refractivity contribution in [2.45, 2.75) is 84.0 Å². The molecule has 1 fully saturated rings. The van der Waals surface area contributed by atoms with Crippen molar-refractivity contribution in [2.24, 2.45) is 0 Å². The summed E-state index contributed by atoms with van der Waals surface area (Å²) in [6, 6.07) is 0. The summed E-state index contributed by atoms with van der Waals surface area (Å²) in [6.45, 7) is 4.13. The molecule has 14 nitrogen and oxygen atoms in total. The van der Waals surface area contributed by atoms with E-state index >= 15 is 0 Å². The number of esters is 2. The van der Waals surface area contributed by atoms with Crippen LogP contribution in [0.5, 0.6) is 0 Å². The molecule has 0 radical (unpaired) electrons. The van der Waals surface area contributed by atoms with Gasteiger partial charge in [-0.15, -0.1) is 0 Å². The Hall–Kier alpha value is -3.36. The average Bonchev–Trinajstić information content (AvgIpc) is 2.70. The highest BCUT2D eigenvalue weighted by Crippen LogP contribution is 2.57. The number of ether oxygens (including phenoxy) is 3. The van der Waals surface area contributed by atoms with Crippen molar-refractivity contribution >= 4 is 46.9 Å². The first-order valence-electron chi connectivity index (χ1n) is 10.5. The topological polar surface area (TPSA) is 208 Å². The second-order valence-electron chi connectivity index (χ2n) is 8.35. The number of hydrogen-bond acceptors (Lipinski definition) is 13. The standard InChI is InChI=1S/C22H29NO13/c1-10(25)19(33)18(9-24)36-22(13(4)28,35-17(8)32)20(11(2)26,23(14(5)29)15(6)30)21(19,12(3)27)34-16(7)31/h18,24,33H,9H2,1-8H3/t18-,19+,20-,21+,22?/m1/s1. The number of imide groups is 1. The van der Waals surface area contributed by atoms with Gasteiger partial charge in [-0.1, -0.05) is 0 Å². The van der Waals surface area contributed by atoms with Gasteiger partial charge in [-0.3, -0.25) is 43.3 Å². The minimum absolute atomic E-state index is 0.0362. The van der Waals surface area contributed by atoms with E-state index in [4.69, 9.17) is 14.2 Å². The fraction of sp³-hybridized carbons (Fsp3) is 0.636. The van der Waals surface area contributed by atoms with Gasteiger partial charge in [-0.25, -0.2) is 0 Å². The third kappa shape index (κ3) is 3.76. The maximum Gasteiger partial charge on any atom is 0.309 e. The molecular formula is C22H29NO13. The molecule has 0 bridgehead atoms. The third-order valence-corrected chi connectivity index (χ3v) is 6.02. The van der Waals surface area contributed by atoms with E-state index < -0.39 is 82.1 Å². The number of aliphatic hydroxyl groups excluding tert-OH is 1. The van der Waals surface area contributed by atoms with E-state index in [1.807, 2.05) is 0 Å². The molecule has 0 aromatic rings.